The van der Waals surface area contributed by atoms with Crippen molar-refractivity contribution < 1.29 is 24.2 Å². The number of carbonyl (C=O) groups is 2. The number of hydrogen-bond acceptors (Lipinski definition) is 6. The van der Waals surface area contributed by atoms with Crippen LogP contribution < -0.4 is 10.1 Å². The summed E-state index contributed by atoms with van der Waals surface area (Å²) in [7, 11) is 0. The SMILES string of the molecule is CCOc1cc([C@H]2C(C(=O)OC3CCCCC3)=C(C)NC3=C2C(=O)C[C@@H](c2ccc(Cl)cc2)C3)cc(Cl)c1O. The molecule has 0 unspecified atom stereocenters. The molecule has 0 spiro atoms. The Morgan fingerprint density at radius 1 is 1.05 bits per heavy atom. The molecule has 2 atom stereocenters. The summed E-state index contributed by atoms with van der Waals surface area (Å²) in [4.78, 5) is 27.6. The molecule has 206 valence electrons. The molecule has 5 rings (SSSR count). The van der Waals surface area contributed by atoms with Crippen LogP contribution in [0.3, 0.4) is 0 Å². The summed E-state index contributed by atoms with van der Waals surface area (Å²) in [6.07, 6.45) is 5.65. The molecule has 1 heterocycles. The molecular weight excluding hydrogens is 537 g/mol. The topological polar surface area (TPSA) is 84.9 Å². The van der Waals surface area contributed by atoms with E-state index < -0.39 is 11.9 Å². The normalized spacial score (nSPS) is 21.9. The molecule has 2 N–H and O–H groups in total. The second-order valence-corrected chi connectivity index (χ2v) is 11.4. The third-order valence-corrected chi connectivity index (χ3v) is 8.44. The zero-order valence-electron chi connectivity index (χ0n) is 22.2. The lowest BCUT2D eigenvalue weighted by molar-refractivity contribution is -0.146. The largest absolute Gasteiger partial charge is 0.503 e. The highest BCUT2D eigenvalue weighted by molar-refractivity contribution is 6.32. The highest BCUT2D eigenvalue weighted by Gasteiger charge is 2.42. The predicted molar refractivity (Wildman–Crippen MR) is 151 cm³/mol. The number of esters is 1. The minimum absolute atomic E-state index is 0.0207. The predicted octanol–water partition coefficient (Wildman–Crippen LogP) is 7.34. The van der Waals surface area contributed by atoms with Gasteiger partial charge in [0.1, 0.15) is 6.10 Å². The molecular formula is C31H33Cl2NO5. The molecule has 0 bridgehead atoms. The van der Waals surface area contributed by atoms with Gasteiger partial charge in [-0.05, 0) is 87.3 Å². The number of phenolic OH excluding ortho intramolecular Hbond substituents is 1. The number of nitrogens with one attached hydrogen (secondary N) is 1. The van der Waals surface area contributed by atoms with Crippen LogP contribution in [0.5, 0.6) is 11.5 Å². The molecule has 2 aromatic rings. The molecule has 2 aliphatic carbocycles. The fourth-order valence-electron chi connectivity index (χ4n) is 6.04. The summed E-state index contributed by atoms with van der Waals surface area (Å²) >= 11 is 12.5. The maximum atomic E-state index is 13.9. The third-order valence-electron chi connectivity index (χ3n) is 7.90. The molecule has 39 heavy (non-hydrogen) atoms. The standard InChI is InChI=1S/C31H33Cl2NO5/c1-3-38-26-16-20(13-23(33)30(26)36)28-27(31(37)39-22-7-5-4-6-8-22)17(2)34-24-14-19(15-25(35)29(24)28)18-9-11-21(32)12-10-18/h9-13,16,19,22,28,34,36H,3-8,14-15H2,1-2H3/t19-,28-/m0/s1. The fourth-order valence-corrected chi connectivity index (χ4v) is 6.38. The van der Waals surface area contributed by atoms with Crippen LogP contribution in [0.4, 0.5) is 0 Å². The number of ketones is 1. The highest BCUT2D eigenvalue weighted by atomic mass is 35.5. The van der Waals surface area contributed by atoms with E-state index in [2.05, 4.69) is 5.32 Å². The number of dihydropyridines is 1. The van der Waals surface area contributed by atoms with Gasteiger partial charge in [-0.1, -0.05) is 41.8 Å². The quantitative estimate of drug-likeness (QED) is 0.354. The lowest BCUT2D eigenvalue weighted by Crippen LogP contribution is -2.37. The Morgan fingerprint density at radius 3 is 2.46 bits per heavy atom. The van der Waals surface area contributed by atoms with E-state index in [1.54, 1.807) is 12.1 Å². The maximum absolute atomic E-state index is 13.9. The average Bonchev–Trinajstić information content (AvgIpc) is 2.91. The van der Waals surface area contributed by atoms with Crippen LogP contribution in [0.25, 0.3) is 0 Å². The van der Waals surface area contributed by atoms with Crippen molar-refractivity contribution in [3.63, 3.8) is 0 Å². The number of aromatic hydroxyl groups is 1. The molecule has 8 heteroatoms. The van der Waals surface area contributed by atoms with Crippen molar-refractivity contribution in [2.75, 3.05) is 6.61 Å². The lowest BCUT2D eigenvalue weighted by Gasteiger charge is -2.37. The van der Waals surface area contributed by atoms with Crippen molar-refractivity contribution in [2.45, 2.75) is 76.7 Å². The van der Waals surface area contributed by atoms with Crippen molar-refractivity contribution in [2.24, 2.45) is 0 Å². The van der Waals surface area contributed by atoms with Gasteiger partial charge >= 0.3 is 5.97 Å². The first kappa shape index (κ1) is 27.6. The van der Waals surface area contributed by atoms with Gasteiger partial charge in [-0.3, -0.25) is 4.79 Å². The number of rotatable bonds is 6. The van der Waals surface area contributed by atoms with Crippen LogP contribution in [0.1, 0.15) is 81.8 Å². The van der Waals surface area contributed by atoms with Crippen LogP contribution >= 0.6 is 23.2 Å². The number of carbonyl (C=O) groups excluding carboxylic acids is 2. The third kappa shape index (κ3) is 5.68. The number of hydrogen-bond donors (Lipinski definition) is 2. The summed E-state index contributed by atoms with van der Waals surface area (Å²) in [5, 5.41) is 14.6. The molecule has 2 aromatic carbocycles. The van der Waals surface area contributed by atoms with Gasteiger partial charge in [0, 0.05) is 34.3 Å². The van der Waals surface area contributed by atoms with E-state index in [1.165, 1.54) is 0 Å². The molecule has 3 aliphatic rings. The van der Waals surface area contributed by atoms with Gasteiger partial charge in [0.15, 0.2) is 17.3 Å². The van der Waals surface area contributed by atoms with Crippen molar-refractivity contribution in [3.8, 4) is 11.5 Å². The van der Waals surface area contributed by atoms with E-state index in [1.807, 2.05) is 38.1 Å². The van der Waals surface area contributed by atoms with Crippen molar-refractivity contribution in [3.05, 3.63) is 80.1 Å². The first-order chi connectivity index (χ1) is 18.8. The minimum Gasteiger partial charge on any atom is -0.503 e. The molecule has 1 fully saturated rings. The number of allylic oxidation sites excluding steroid dienone is 3. The van der Waals surface area contributed by atoms with Crippen LogP contribution in [0.2, 0.25) is 10.0 Å². The molecule has 0 aromatic heterocycles. The molecule has 6 nitrogen and oxygen atoms in total. The van der Waals surface area contributed by atoms with Gasteiger partial charge < -0.3 is 19.9 Å². The van der Waals surface area contributed by atoms with E-state index in [0.29, 0.717) is 46.9 Å². The Labute approximate surface area is 239 Å². The summed E-state index contributed by atoms with van der Waals surface area (Å²) < 4.78 is 11.7. The summed E-state index contributed by atoms with van der Waals surface area (Å²) in [6, 6.07) is 10.9. The Morgan fingerprint density at radius 2 is 1.77 bits per heavy atom. The summed E-state index contributed by atoms with van der Waals surface area (Å²) in [6.45, 7) is 3.97. The van der Waals surface area contributed by atoms with Gasteiger partial charge in [0.25, 0.3) is 0 Å². The van der Waals surface area contributed by atoms with E-state index >= 15 is 0 Å². The monoisotopic (exact) mass is 569 g/mol. The summed E-state index contributed by atoms with van der Waals surface area (Å²) in [5.74, 6) is -1.17. The molecule has 0 radical (unpaired) electrons. The molecule has 1 aliphatic heterocycles. The van der Waals surface area contributed by atoms with Gasteiger partial charge in [0.2, 0.25) is 0 Å². The smallest absolute Gasteiger partial charge is 0.337 e. The van der Waals surface area contributed by atoms with Crippen molar-refractivity contribution in [1.82, 2.24) is 5.32 Å². The maximum Gasteiger partial charge on any atom is 0.337 e. The van der Waals surface area contributed by atoms with Crippen molar-refractivity contribution >= 4 is 35.0 Å². The molecule has 1 saturated carbocycles. The second kappa shape index (κ2) is 11.6. The Kier molecular flexibility index (Phi) is 8.24. The zero-order chi connectivity index (χ0) is 27.7. The van der Waals surface area contributed by atoms with Gasteiger partial charge in [-0.25, -0.2) is 4.79 Å². The average molecular weight is 571 g/mol. The number of Topliss-reactive ketones (excluding diaryl/α,β-unsaturated/α-hetero) is 1. The Bertz CT molecular complexity index is 1340. The van der Waals surface area contributed by atoms with Crippen LogP contribution in [0.15, 0.2) is 58.9 Å². The highest BCUT2D eigenvalue weighted by Crippen LogP contribution is 2.48. The lowest BCUT2D eigenvalue weighted by atomic mass is 9.71. The van der Waals surface area contributed by atoms with Gasteiger partial charge in [-0.15, -0.1) is 0 Å². The summed E-state index contributed by atoms with van der Waals surface area (Å²) in [5.41, 5.74) is 3.99. The minimum atomic E-state index is -0.701. The Balaban J connectivity index is 1.58. The van der Waals surface area contributed by atoms with E-state index in [9.17, 15) is 14.7 Å². The van der Waals surface area contributed by atoms with E-state index in [4.69, 9.17) is 32.7 Å². The van der Waals surface area contributed by atoms with Gasteiger partial charge in [-0.2, -0.15) is 0 Å². The van der Waals surface area contributed by atoms with E-state index in [-0.39, 0.29) is 34.3 Å². The second-order valence-electron chi connectivity index (χ2n) is 10.5. The first-order valence-corrected chi connectivity index (χ1v) is 14.4. The number of phenols is 1. The number of halogens is 2. The fraction of sp³-hybridized carbons (Fsp3) is 0.419. The van der Waals surface area contributed by atoms with Crippen LogP contribution in [-0.4, -0.2) is 29.6 Å². The van der Waals surface area contributed by atoms with Gasteiger partial charge in [0.05, 0.1) is 17.2 Å². The zero-order valence-corrected chi connectivity index (χ0v) is 23.7. The number of ether oxygens (including phenoxy) is 2. The number of benzene rings is 2. The van der Waals surface area contributed by atoms with Crippen molar-refractivity contribution in [1.29, 1.82) is 0 Å². The Hall–Kier alpha value is -2.96. The van der Waals surface area contributed by atoms with E-state index in [0.717, 1.165) is 43.4 Å². The van der Waals surface area contributed by atoms with Crippen LogP contribution in [0, 0.1) is 0 Å². The first-order valence-electron chi connectivity index (χ1n) is 13.6. The molecule has 0 saturated heterocycles. The molecule has 0 amide bonds. The van der Waals surface area contributed by atoms with Crippen LogP contribution in [-0.2, 0) is 14.3 Å².